The van der Waals surface area contributed by atoms with Gasteiger partial charge in [-0.2, -0.15) is 0 Å². The third kappa shape index (κ3) is 5.01. The van der Waals surface area contributed by atoms with Gasteiger partial charge in [0.2, 0.25) is 11.8 Å². The second kappa shape index (κ2) is 8.90. The van der Waals surface area contributed by atoms with E-state index in [4.69, 9.17) is 9.47 Å². The number of carbonyl (C=O) groups is 2. The lowest BCUT2D eigenvalue weighted by atomic mass is 10.1. The molecule has 1 heterocycles. The van der Waals surface area contributed by atoms with Crippen molar-refractivity contribution in [1.82, 2.24) is 5.32 Å². The van der Waals surface area contributed by atoms with Gasteiger partial charge >= 0.3 is 0 Å². The largest absolute Gasteiger partial charge is 0.486 e. The molecule has 0 saturated carbocycles. The first-order valence-electron chi connectivity index (χ1n) is 8.79. The van der Waals surface area contributed by atoms with Crippen LogP contribution < -0.4 is 20.1 Å². The Hall–Kier alpha value is -2.54. The van der Waals surface area contributed by atoms with Gasteiger partial charge in [-0.15, -0.1) is 0 Å². The lowest BCUT2D eigenvalue weighted by Crippen LogP contribution is -2.34. The summed E-state index contributed by atoms with van der Waals surface area (Å²) >= 11 is 3.45. The van der Waals surface area contributed by atoms with Gasteiger partial charge in [0.25, 0.3) is 0 Å². The van der Waals surface area contributed by atoms with Gasteiger partial charge in [0.15, 0.2) is 11.5 Å². The van der Waals surface area contributed by atoms with E-state index < -0.39 is 0 Å². The van der Waals surface area contributed by atoms with Crippen LogP contribution in [0.1, 0.15) is 18.1 Å². The van der Waals surface area contributed by atoms with Crippen molar-refractivity contribution in [2.24, 2.45) is 0 Å². The van der Waals surface area contributed by atoms with E-state index in [9.17, 15) is 9.59 Å². The number of hydrogen-bond donors (Lipinski definition) is 2. The molecule has 0 atom stereocenters. The average molecular weight is 433 g/mol. The van der Waals surface area contributed by atoms with Gasteiger partial charge in [-0.25, -0.2) is 0 Å². The van der Waals surface area contributed by atoms with E-state index in [1.165, 1.54) is 0 Å². The Morgan fingerprint density at radius 3 is 2.48 bits per heavy atom. The molecule has 7 heteroatoms. The first-order valence-corrected chi connectivity index (χ1v) is 9.58. The van der Waals surface area contributed by atoms with Crippen LogP contribution >= 0.6 is 15.9 Å². The molecule has 0 spiro atoms. The highest BCUT2D eigenvalue weighted by Gasteiger charge is 2.17. The van der Waals surface area contributed by atoms with Crippen LogP contribution in [0.2, 0.25) is 0 Å². The molecule has 0 unspecified atom stereocenters. The smallest absolute Gasteiger partial charge is 0.243 e. The highest BCUT2D eigenvalue weighted by atomic mass is 79.9. The van der Waals surface area contributed by atoms with Crippen molar-refractivity contribution in [2.75, 3.05) is 25.1 Å². The molecule has 6 nitrogen and oxygen atoms in total. The number of nitrogens with one attached hydrogen (secondary N) is 2. The number of hydrogen-bond acceptors (Lipinski definition) is 4. The van der Waals surface area contributed by atoms with Gasteiger partial charge in [0.1, 0.15) is 13.2 Å². The summed E-state index contributed by atoms with van der Waals surface area (Å²) in [6, 6.07) is 11.2. The summed E-state index contributed by atoms with van der Waals surface area (Å²) in [6.07, 6.45) is 0.955. The Morgan fingerprint density at radius 2 is 1.74 bits per heavy atom. The Morgan fingerprint density at radius 1 is 1.04 bits per heavy atom. The summed E-state index contributed by atoms with van der Waals surface area (Å²) < 4.78 is 11.8. The Bertz CT molecular complexity index is 854. The molecule has 0 aromatic heterocycles. The maximum Gasteiger partial charge on any atom is 0.243 e. The predicted octanol–water partition coefficient (Wildman–Crippen LogP) is 3.08. The molecule has 1 aliphatic rings. The number of anilines is 1. The van der Waals surface area contributed by atoms with E-state index in [2.05, 4.69) is 26.6 Å². The van der Waals surface area contributed by atoms with Gasteiger partial charge < -0.3 is 20.1 Å². The van der Waals surface area contributed by atoms with Crippen molar-refractivity contribution >= 4 is 33.4 Å². The topological polar surface area (TPSA) is 76.7 Å². The standard InChI is InChI=1S/C20H21BrN2O4/c1-2-13-5-3-4-6-16(13)23-20(25)12-22-19(24)10-14-9-17-18(11-15(14)21)27-8-7-26-17/h3-6,9,11H,2,7-8,10,12H2,1H3,(H,22,24)(H,23,25). The Kier molecular flexibility index (Phi) is 6.34. The fourth-order valence-corrected chi connectivity index (χ4v) is 3.26. The molecule has 2 N–H and O–H groups in total. The molecule has 3 rings (SSSR count). The Balaban J connectivity index is 1.54. The molecular formula is C20H21BrN2O4. The fourth-order valence-electron chi connectivity index (χ4n) is 2.80. The molecule has 2 aromatic carbocycles. The zero-order valence-electron chi connectivity index (χ0n) is 15.0. The number of rotatable bonds is 6. The quantitative estimate of drug-likeness (QED) is 0.734. The normalized spacial score (nSPS) is 12.4. The predicted molar refractivity (Wildman–Crippen MR) is 106 cm³/mol. The molecule has 1 aliphatic heterocycles. The summed E-state index contributed by atoms with van der Waals surface area (Å²) in [5, 5.41) is 5.49. The first-order chi connectivity index (χ1) is 13.1. The molecule has 0 fully saturated rings. The van der Waals surface area contributed by atoms with E-state index in [0.717, 1.165) is 27.7 Å². The van der Waals surface area contributed by atoms with Crippen molar-refractivity contribution in [3.63, 3.8) is 0 Å². The summed E-state index contributed by atoms with van der Waals surface area (Å²) in [6.45, 7) is 2.94. The number of ether oxygens (including phenoxy) is 2. The molecule has 142 valence electrons. The number of benzene rings is 2. The van der Waals surface area contributed by atoms with Gasteiger partial charge in [-0.05, 0) is 35.7 Å². The van der Waals surface area contributed by atoms with Gasteiger partial charge in [0.05, 0.1) is 13.0 Å². The van der Waals surface area contributed by atoms with E-state index in [1.54, 1.807) is 12.1 Å². The summed E-state index contributed by atoms with van der Waals surface area (Å²) in [5.74, 6) is 0.782. The van der Waals surface area contributed by atoms with Crippen molar-refractivity contribution in [3.05, 3.63) is 52.0 Å². The van der Waals surface area contributed by atoms with Crippen LogP contribution in [-0.4, -0.2) is 31.6 Å². The van der Waals surface area contributed by atoms with Crippen LogP contribution in [-0.2, 0) is 22.4 Å². The summed E-state index contributed by atoms with van der Waals surface area (Å²) in [4.78, 5) is 24.4. The van der Waals surface area contributed by atoms with Gasteiger partial charge in [-0.3, -0.25) is 9.59 Å². The van der Waals surface area contributed by atoms with E-state index in [1.807, 2.05) is 31.2 Å². The van der Waals surface area contributed by atoms with Gasteiger partial charge in [0, 0.05) is 10.2 Å². The Labute approximate surface area is 166 Å². The molecule has 0 bridgehead atoms. The fraction of sp³-hybridized carbons (Fsp3) is 0.300. The maximum absolute atomic E-state index is 12.2. The van der Waals surface area contributed by atoms with Crippen molar-refractivity contribution < 1.29 is 19.1 Å². The highest BCUT2D eigenvalue weighted by Crippen LogP contribution is 2.35. The third-order valence-corrected chi connectivity index (χ3v) is 4.92. The first kappa shape index (κ1) is 19.2. The number of halogens is 1. The summed E-state index contributed by atoms with van der Waals surface area (Å²) in [5.41, 5.74) is 2.60. The van der Waals surface area contributed by atoms with Crippen molar-refractivity contribution in [3.8, 4) is 11.5 Å². The molecule has 27 heavy (non-hydrogen) atoms. The van der Waals surface area contributed by atoms with Crippen LogP contribution in [0.25, 0.3) is 0 Å². The highest BCUT2D eigenvalue weighted by molar-refractivity contribution is 9.10. The van der Waals surface area contributed by atoms with E-state index in [0.29, 0.717) is 24.7 Å². The van der Waals surface area contributed by atoms with Crippen LogP contribution in [0, 0.1) is 0 Å². The minimum Gasteiger partial charge on any atom is -0.486 e. The molecule has 0 radical (unpaired) electrons. The minimum atomic E-state index is -0.259. The molecule has 0 aliphatic carbocycles. The second-order valence-electron chi connectivity index (χ2n) is 6.10. The molecule has 0 saturated heterocycles. The lowest BCUT2D eigenvalue weighted by molar-refractivity contribution is -0.123. The molecule has 2 amide bonds. The van der Waals surface area contributed by atoms with Crippen LogP contribution in [0.15, 0.2) is 40.9 Å². The zero-order chi connectivity index (χ0) is 19.2. The van der Waals surface area contributed by atoms with Crippen molar-refractivity contribution in [2.45, 2.75) is 19.8 Å². The summed E-state index contributed by atoms with van der Waals surface area (Å²) in [7, 11) is 0. The molecular weight excluding hydrogens is 412 g/mol. The minimum absolute atomic E-state index is 0.0843. The van der Waals surface area contributed by atoms with Crippen LogP contribution in [0.5, 0.6) is 11.5 Å². The number of para-hydroxylation sites is 1. The maximum atomic E-state index is 12.2. The second-order valence-corrected chi connectivity index (χ2v) is 6.95. The SMILES string of the molecule is CCc1ccccc1NC(=O)CNC(=O)Cc1cc2c(cc1Br)OCCO2. The van der Waals surface area contributed by atoms with Gasteiger partial charge in [-0.1, -0.05) is 41.1 Å². The number of fused-ring (bicyclic) bond motifs is 1. The number of amides is 2. The monoisotopic (exact) mass is 432 g/mol. The van der Waals surface area contributed by atoms with E-state index in [-0.39, 0.29) is 24.8 Å². The lowest BCUT2D eigenvalue weighted by Gasteiger charge is -2.19. The number of carbonyl (C=O) groups excluding carboxylic acids is 2. The average Bonchev–Trinajstić information content (AvgIpc) is 2.67. The van der Waals surface area contributed by atoms with E-state index >= 15 is 0 Å². The molecule has 2 aromatic rings. The van der Waals surface area contributed by atoms with Crippen LogP contribution in [0.4, 0.5) is 5.69 Å². The third-order valence-electron chi connectivity index (χ3n) is 4.18. The van der Waals surface area contributed by atoms with Crippen molar-refractivity contribution in [1.29, 1.82) is 0 Å². The zero-order valence-corrected chi connectivity index (χ0v) is 16.6. The van der Waals surface area contributed by atoms with Crippen LogP contribution in [0.3, 0.4) is 0 Å². The number of aryl methyl sites for hydroxylation is 1.